The molecule has 0 fully saturated rings. The molecule has 1 N–H and O–H groups in total. The van der Waals surface area contributed by atoms with Crippen LogP contribution in [0.1, 0.15) is 10.4 Å². The Morgan fingerprint density at radius 1 is 0.884 bits per heavy atom. The van der Waals surface area contributed by atoms with E-state index in [1.54, 1.807) is 99.3 Å². The van der Waals surface area contributed by atoms with E-state index in [9.17, 15) is 14.0 Å². The van der Waals surface area contributed by atoms with Crippen LogP contribution in [0, 0.1) is 5.82 Å². The summed E-state index contributed by atoms with van der Waals surface area (Å²) in [4.78, 5) is 31.1. The molecule has 0 aliphatic heterocycles. The van der Waals surface area contributed by atoms with Crippen LogP contribution < -0.4 is 25.0 Å². The molecule has 2 heterocycles. The molecule has 0 saturated heterocycles. The highest BCUT2D eigenvalue weighted by atomic mass is 79.9. The van der Waals surface area contributed by atoms with Crippen molar-refractivity contribution in [2.24, 2.45) is 0 Å². The predicted molar refractivity (Wildman–Crippen MR) is 167 cm³/mol. The summed E-state index contributed by atoms with van der Waals surface area (Å²) in [7, 11) is 3.11. The standard InChI is InChI=1S/C33H23BrFN3O5/c1-41-30-16-23-26(17-31(30)42-2)36-14-13-29(23)43-21-10-8-20(9-11-21)37-33(40)24-18-38(28-12-7-19(34)15-25(28)35)27-6-4-3-5-22(27)32(24)39/h3-18H,1-2H3,(H,37,40). The highest BCUT2D eigenvalue weighted by molar-refractivity contribution is 9.10. The minimum Gasteiger partial charge on any atom is -0.493 e. The number of halogens is 2. The smallest absolute Gasteiger partial charge is 0.261 e. The highest BCUT2D eigenvalue weighted by Crippen LogP contribution is 2.37. The molecule has 0 bridgehead atoms. The van der Waals surface area contributed by atoms with Crippen LogP contribution in [0.2, 0.25) is 0 Å². The van der Waals surface area contributed by atoms with Crippen LogP contribution in [0.5, 0.6) is 23.0 Å². The summed E-state index contributed by atoms with van der Waals surface area (Å²) in [5.41, 5.74) is 1.20. The number of nitrogens with zero attached hydrogens (tertiary/aromatic N) is 2. The van der Waals surface area contributed by atoms with Crippen LogP contribution >= 0.6 is 15.9 Å². The van der Waals surface area contributed by atoms with Crippen LogP contribution in [0.4, 0.5) is 10.1 Å². The summed E-state index contributed by atoms with van der Waals surface area (Å²) in [5.74, 6) is 1.03. The molecule has 2 aromatic heterocycles. The van der Waals surface area contributed by atoms with Gasteiger partial charge in [-0.1, -0.05) is 28.1 Å². The number of carbonyl (C=O) groups excluding carboxylic acids is 1. The van der Waals surface area contributed by atoms with Crippen molar-refractivity contribution in [3.05, 3.63) is 123 Å². The zero-order valence-electron chi connectivity index (χ0n) is 22.9. The van der Waals surface area contributed by atoms with Crippen LogP contribution in [0.25, 0.3) is 27.5 Å². The van der Waals surface area contributed by atoms with Crippen molar-refractivity contribution in [3.8, 4) is 28.7 Å². The van der Waals surface area contributed by atoms with E-state index in [0.717, 1.165) is 5.39 Å². The monoisotopic (exact) mass is 639 g/mol. The lowest BCUT2D eigenvalue weighted by Crippen LogP contribution is -2.23. The van der Waals surface area contributed by atoms with E-state index in [1.165, 1.54) is 16.8 Å². The number of hydrogen-bond acceptors (Lipinski definition) is 6. The van der Waals surface area contributed by atoms with Gasteiger partial charge < -0.3 is 24.1 Å². The molecule has 8 nitrogen and oxygen atoms in total. The zero-order chi connectivity index (χ0) is 30.1. The Morgan fingerprint density at radius 3 is 2.37 bits per heavy atom. The van der Waals surface area contributed by atoms with Gasteiger partial charge in [0.15, 0.2) is 11.5 Å². The number of pyridine rings is 2. The number of para-hydroxylation sites is 1. The average Bonchev–Trinajstić information content (AvgIpc) is 3.02. The van der Waals surface area contributed by atoms with E-state index >= 15 is 0 Å². The van der Waals surface area contributed by atoms with Gasteiger partial charge in [0.05, 0.1) is 30.9 Å². The van der Waals surface area contributed by atoms with E-state index in [1.807, 2.05) is 0 Å². The molecule has 0 radical (unpaired) electrons. The first-order chi connectivity index (χ1) is 20.9. The zero-order valence-corrected chi connectivity index (χ0v) is 24.5. The fourth-order valence-corrected chi connectivity index (χ4v) is 5.12. The number of benzene rings is 4. The number of amides is 1. The fraction of sp³-hybridized carbons (Fsp3) is 0.0606. The summed E-state index contributed by atoms with van der Waals surface area (Å²) in [6.07, 6.45) is 3.00. The first-order valence-corrected chi connectivity index (χ1v) is 13.9. The summed E-state index contributed by atoms with van der Waals surface area (Å²) >= 11 is 3.27. The third-order valence-electron chi connectivity index (χ3n) is 6.87. The maximum atomic E-state index is 14.9. The number of carbonyl (C=O) groups is 1. The van der Waals surface area contributed by atoms with Gasteiger partial charge in [-0.3, -0.25) is 14.6 Å². The van der Waals surface area contributed by atoms with E-state index in [0.29, 0.717) is 49.6 Å². The molecule has 1 amide bonds. The van der Waals surface area contributed by atoms with Crippen molar-refractivity contribution >= 4 is 49.3 Å². The lowest BCUT2D eigenvalue weighted by molar-refractivity contribution is 0.102. The van der Waals surface area contributed by atoms with Gasteiger partial charge in [0.1, 0.15) is 22.9 Å². The highest BCUT2D eigenvalue weighted by Gasteiger charge is 2.18. The normalized spacial score (nSPS) is 11.0. The van der Waals surface area contributed by atoms with Gasteiger partial charge in [-0.2, -0.15) is 0 Å². The summed E-state index contributed by atoms with van der Waals surface area (Å²) < 4.78 is 33.9. The second kappa shape index (κ2) is 11.6. The summed E-state index contributed by atoms with van der Waals surface area (Å²) in [5, 5.41) is 3.79. The van der Waals surface area contributed by atoms with Crippen molar-refractivity contribution in [1.82, 2.24) is 9.55 Å². The number of fused-ring (bicyclic) bond motifs is 2. The Labute approximate surface area is 253 Å². The average molecular weight is 640 g/mol. The third kappa shape index (κ3) is 5.40. The maximum Gasteiger partial charge on any atom is 0.261 e. The number of nitrogens with one attached hydrogen (secondary N) is 1. The molecule has 10 heteroatoms. The summed E-state index contributed by atoms with van der Waals surface area (Å²) in [6.45, 7) is 0. The van der Waals surface area contributed by atoms with E-state index < -0.39 is 17.2 Å². The van der Waals surface area contributed by atoms with E-state index in [2.05, 4.69) is 26.2 Å². The first-order valence-electron chi connectivity index (χ1n) is 13.1. The molecule has 6 rings (SSSR count). The largest absolute Gasteiger partial charge is 0.493 e. The first kappa shape index (κ1) is 27.9. The van der Waals surface area contributed by atoms with Gasteiger partial charge in [0.2, 0.25) is 5.43 Å². The second-order valence-corrected chi connectivity index (χ2v) is 10.4. The number of aromatic nitrogens is 2. The van der Waals surface area contributed by atoms with Gasteiger partial charge in [-0.25, -0.2) is 4.39 Å². The Balaban J connectivity index is 1.28. The Morgan fingerprint density at radius 2 is 1.63 bits per heavy atom. The molecule has 0 unspecified atom stereocenters. The molecular weight excluding hydrogens is 617 g/mol. The molecule has 43 heavy (non-hydrogen) atoms. The van der Waals surface area contributed by atoms with Gasteiger partial charge >= 0.3 is 0 Å². The van der Waals surface area contributed by atoms with Crippen molar-refractivity contribution < 1.29 is 23.4 Å². The SMILES string of the molecule is COc1cc2nccc(Oc3ccc(NC(=O)c4cn(-c5ccc(Br)cc5F)c5ccccc5c4=O)cc3)c2cc1OC. The summed E-state index contributed by atoms with van der Waals surface area (Å²) in [6, 6.07) is 23.4. The van der Waals surface area contributed by atoms with Crippen LogP contribution in [-0.4, -0.2) is 29.7 Å². The molecule has 0 atom stereocenters. The second-order valence-electron chi connectivity index (χ2n) is 9.47. The van der Waals surface area contributed by atoms with Crippen LogP contribution in [-0.2, 0) is 0 Å². The van der Waals surface area contributed by atoms with Gasteiger partial charge in [-0.05, 0) is 66.7 Å². The van der Waals surface area contributed by atoms with Crippen LogP contribution in [0.3, 0.4) is 0 Å². The lowest BCUT2D eigenvalue weighted by Gasteiger charge is -2.15. The third-order valence-corrected chi connectivity index (χ3v) is 7.37. The van der Waals surface area contributed by atoms with Gasteiger partial charge in [-0.15, -0.1) is 0 Å². The molecule has 0 spiro atoms. The predicted octanol–water partition coefficient (Wildman–Crippen LogP) is 7.50. The molecule has 0 aliphatic rings. The van der Waals surface area contributed by atoms with Gasteiger partial charge in [0.25, 0.3) is 5.91 Å². The number of anilines is 1. The fourth-order valence-electron chi connectivity index (χ4n) is 4.78. The van der Waals surface area contributed by atoms with Crippen molar-refractivity contribution in [1.29, 1.82) is 0 Å². The number of rotatable bonds is 7. The van der Waals surface area contributed by atoms with E-state index in [4.69, 9.17) is 14.2 Å². The Kier molecular flexibility index (Phi) is 7.52. The quantitative estimate of drug-likeness (QED) is 0.194. The van der Waals surface area contributed by atoms with Crippen molar-refractivity contribution in [2.45, 2.75) is 0 Å². The van der Waals surface area contributed by atoms with Gasteiger partial charge in [0, 0.05) is 39.4 Å². The minimum absolute atomic E-state index is 0.131. The molecule has 6 aromatic rings. The number of ether oxygens (including phenoxy) is 3. The molecular formula is C33H23BrFN3O5. The van der Waals surface area contributed by atoms with Crippen molar-refractivity contribution in [3.63, 3.8) is 0 Å². The Bertz CT molecular complexity index is 2080. The molecule has 214 valence electrons. The molecule has 0 saturated carbocycles. The van der Waals surface area contributed by atoms with Crippen LogP contribution in [0.15, 0.2) is 107 Å². The Hall–Kier alpha value is -5.22. The van der Waals surface area contributed by atoms with Crippen molar-refractivity contribution in [2.75, 3.05) is 19.5 Å². The number of hydrogen-bond donors (Lipinski definition) is 1. The van der Waals surface area contributed by atoms with E-state index in [-0.39, 0.29) is 11.3 Å². The topological polar surface area (TPSA) is 91.7 Å². The lowest BCUT2D eigenvalue weighted by atomic mass is 10.1. The number of methoxy groups -OCH3 is 2. The maximum absolute atomic E-state index is 14.9. The minimum atomic E-state index is -0.628. The molecule has 4 aromatic carbocycles. The molecule has 0 aliphatic carbocycles.